The molecule has 318 valence electrons. The molecule has 2 aliphatic rings. The third kappa shape index (κ3) is 18.6. The molecule has 0 spiro atoms. The van der Waals surface area contributed by atoms with Crippen LogP contribution in [0.25, 0.3) is 0 Å². The highest BCUT2D eigenvalue weighted by molar-refractivity contribution is 5.70. The van der Waals surface area contributed by atoms with Crippen LogP contribution in [0.5, 0.6) is 0 Å². The SMILES string of the molecule is CCCCCCCCCCCCCCCCCC(=O)O[C@H](COC(=O)CCCCC)CO[C@@H]1O[C@H](CO[C@H]2O[C@H](CO)[C@H](O)[C@H](O)[C@H]2O)[C@H](O)[C@H](O)[C@H]1O. The summed E-state index contributed by atoms with van der Waals surface area (Å²) >= 11 is 0. The first-order valence-electron chi connectivity index (χ1n) is 20.6. The second-order valence-electron chi connectivity index (χ2n) is 14.8. The molecular weight excluding hydrogens is 708 g/mol. The highest BCUT2D eigenvalue weighted by Crippen LogP contribution is 2.26. The highest BCUT2D eigenvalue weighted by atomic mass is 16.7. The van der Waals surface area contributed by atoms with Gasteiger partial charge in [0, 0.05) is 12.8 Å². The van der Waals surface area contributed by atoms with Crippen molar-refractivity contribution in [1.29, 1.82) is 0 Å². The molecule has 0 aromatic rings. The molecule has 54 heavy (non-hydrogen) atoms. The van der Waals surface area contributed by atoms with Crippen molar-refractivity contribution in [2.45, 2.75) is 210 Å². The van der Waals surface area contributed by atoms with Crippen molar-refractivity contribution in [3.63, 3.8) is 0 Å². The number of aliphatic hydroxyl groups is 7. The van der Waals surface area contributed by atoms with Gasteiger partial charge in [0.1, 0.15) is 55.4 Å². The van der Waals surface area contributed by atoms with E-state index in [0.29, 0.717) is 12.8 Å². The molecule has 2 fully saturated rings. The number of rotatable bonds is 30. The summed E-state index contributed by atoms with van der Waals surface area (Å²) in [7, 11) is 0. The predicted octanol–water partition coefficient (Wildman–Crippen LogP) is 2.92. The summed E-state index contributed by atoms with van der Waals surface area (Å²) in [5.41, 5.74) is 0. The number of ether oxygens (including phenoxy) is 6. The van der Waals surface area contributed by atoms with Crippen molar-refractivity contribution >= 4 is 11.9 Å². The Morgan fingerprint density at radius 1 is 0.519 bits per heavy atom. The molecule has 0 unspecified atom stereocenters. The van der Waals surface area contributed by atoms with Gasteiger partial charge in [0.05, 0.1) is 19.8 Å². The molecule has 0 aliphatic carbocycles. The third-order valence-corrected chi connectivity index (χ3v) is 10.1. The van der Waals surface area contributed by atoms with E-state index in [4.69, 9.17) is 28.4 Å². The maximum atomic E-state index is 12.8. The van der Waals surface area contributed by atoms with Crippen molar-refractivity contribution < 1.29 is 73.8 Å². The number of aliphatic hydroxyl groups excluding tert-OH is 7. The largest absolute Gasteiger partial charge is 0.462 e. The van der Waals surface area contributed by atoms with E-state index in [2.05, 4.69) is 6.92 Å². The molecular formula is C39H72O15. The lowest BCUT2D eigenvalue weighted by Gasteiger charge is -2.42. The Morgan fingerprint density at radius 2 is 0.944 bits per heavy atom. The van der Waals surface area contributed by atoms with Crippen molar-refractivity contribution in [2.75, 3.05) is 26.4 Å². The quantitative estimate of drug-likeness (QED) is 0.0411. The summed E-state index contributed by atoms with van der Waals surface area (Å²) in [6.07, 6.45) is 4.03. The summed E-state index contributed by atoms with van der Waals surface area (Å²) in [5, 5.41) is 71.4. The summed E-state index contributed by atoms with van der Waals surface area (Å²) in [6, 6.07) is 0. The fraction of sp³-hybridized carbons (Fsp3) is 0.949. The van der Waals surface area contributed by atoms with E-state index in [-0.39, 0.29) is 26.1 Å². The second-order valence-corrected chi connectivity index (χ2v) is 14.8. The van der Waals surface area contributed by atoms with E-state index in [9.17, 15) is 45.3 Å². The number of unbranched alkanes of at least 4 members (excludes halogenated alkanes) is 16. The molecule has 0 saturated carbocycles. The molecule has 0 radical (unpaired) electrons. The van der Waals surface area contributed by atoms with Crippen LogP contribution in [-0.2, 0) is 38.0 Å². The lowest BCUT2D eigenvalue weighted by molar-refractivity contribution is -0.332. The van der Waals surface area contributed by atoms with Gasteiger partial charge in [-0.3, -0.25) is 9.59 Å². The van der Waals surface area contributed by atoms with Crippen LogP contribution >= 0.6 is 0 Å². The smallest absolute Gasteiger partial charge is 0.306 e. The summed E-state index contributed by atoms with van der Waals surface area (Å²) in [4.78, 5) is 25.1. The van der Waals surface area contributed by atoms with Crippen molar-refractivity contribution in [3.8, 4) is 0 Å². The van der Waals surface area contributed by atoms with E-state index in [1.165, 1.54) is 70.6 Å². The topological polar surface area (TPSA) is 231 Å². The van der Waals surface area contributed by atoms with Gasteiger partial charge in [-0.1, -0.05) is 117 Å². The molecule has 0 aromatic carbocycles. The number of hydrogen-bond donors (Lipinski definition) is 7. The van der Waals surface area contributed by atoms with Gasteiger partial charge in [-0.05, 0) is 12.8 Å². The zero-order valence-electron chi connectivity index (χ0n) is 32.7. The van der Waals surface area contributed by atoms with Gasteiger partial charge in [0.15, 0.2) is 18.7 Å². The standard InChI is InChI=1S/C39H72O15/c1-3-5-7-8-9-10-11-12-13-14-15-16-17-18-20-22-31(42)52-27(24-49-30(41)21-19-6-4-2)25-50-38-37(48)35(46)33(44)29(54-38)26-51-39-36(47)34(45)32(43)28(23-40)53-39/h27-29,32-40,43-48H,3-26H2,1-2H3/t27-,28-,29-,32+,33+,34+,35+,36-,37-,38-,39+/m1/s1. The molecule has 0 amide bonds. The Labute approximate surface area is 321 Å². The minimum atomic E-state index is -1.75. The third-order valence-electron chi connectivity index (χ3n) is 10.1. The molecule has 2 rings (SSSR count). The fourth-order valence-corrected chi connectivity index (χ4v) is 6.57. The van der Waals surface area contributed by atoms with E-state index in [1.54, 1.807) is 0 Å². The molecule has 0 bridgehead atoms. The summed E-state index contributed by atoms with van der Waals surface area (Å²) < 4.78 is 33.1. The first kappa shape index (κ1) is 48.6. The Kier molecular flexibility index (Phi) is 26.0. The average Bonchev–Trinajstić information content (AvgIpc) is 3.16. The normalized spacial score (nSPS) is 29.2. The van der Waals surface area contributed by atoms with E-state index in [0.717, 1.165) is 32.1 Å². The number of carbonyl (C=O) groups excluding carboxylic acids is 2. The summed E-state index contributed by atoms with van der Waals surface area (Å²) in [5.74, 6) is -0.948. The summed E-state index contributed by atoms with van der Waals surface area (Å²) in [6.45, 7) is 2.38. The van der Waals surface area contributed by atoms with Gasteiger partial charge >= 0.3 is 11.9 Å². The fourth-order valence-electron chi connectivity index (χ4n) is 6.57. The van der Waals surface area contributed by atoms with Gasteiger partial charge in [0.25, 0.3) is 0 Å². The Morgan fingerprint density at radius 3 is 1.48 bits per heavy atom. The zero-order valence-corrected chi connectivity index (χ0v) is 32.7. The second kappa shape index (κ2) is 28.8. The van der Waals surface area contributed by atoms with Gasteiger partial charge in [-0.2, -0.15) is 0 Å². The maximum Gasteiger partial charge on any atom is 0.306 e. The first-order valence-corrected chi connectivity index (χ1v) is 20.6. The molecule has 11 atom stereocenters. The van der Waals surface area contributed by atoms with E-state index < -0.39 is 92.7 Å². The number of carbonyl (C=O) groups is 2. The Bertz CT molecular complexity index is 970. The predicted molar refractivity (Wildman–Crippen MR) is 197 cm³/mol. The van der Waals surface area contributed by atoms with Crippen LogP contribution in [0.3, 0.4) is 0 Å². The van der Waals surface area contributed by atoms with Crippen LogP contribution in [0.2, 0.25) is 0 Å². The van der Waals surface area contributed by atoms with Crippen LogP contribution in [0.1, 0.15) is 142 Å². The minimum absolute atomic E-state index is 0.171. The van der Waals surface area contributed by atoms with E-state index >= 15 is 0 Å². The first-order chi connectivity index (χ1) is 26.0. The Balaban J connectivity index is 1.80. The number of esters is 2. The van der Waals surface area contributed by atoms with Crippen LogP contribution in [0.4, 0.5) is 0 Å². The van der Waals surface area contributed by atoms with Crippen molar-refractivity contribution in [1.82, 2.24) is 0 Å². The lowest BCUT2D eigenvalue weighted by atomic mass is 9.98. The monoisotopic (exact) mass is 780 g/mol. The van der Waals surface area contributed by atoms with Crippen molar-refractivity contribution in [3.05, 3.63) is 0 Å². The van der Waals surface area contributed by atoms with Crippen LogP contribution < -0.4 is 0 Å². The average molecular weight is 781 g/mol. The van der Waals surface area contributed by atoms with Crippen LogP contribution in [0, 0.1) is 0 Å². The molecule has 15 heteroatoms. The van der Waals surface area contributed by atoms with Gasteiger partial charge < -0.3 is 64.2 Å². The van der Waals surface area contributed by atoms with Crippen molar-refractivity contribution in [2.24, 2.45) is 0 Å². The zero-order chi connectivity index (χ0) is 39.7. The molecule has 0 aromatic heterocycles. The van der Waals surface area contributed by atoms with Gasteiger partial charge in [-0.25, -0.2) is 0 Å². The van der Waals surface area contributed by atoms with E-state index in [1.807, 2.05) is 6.92 Å². The van der Waals surface area contributed by atoms with Crippen LogP contribution in [0.15, 0.2) is 0 Å². The maximum absolute atomic E-state index is 12.8. The lowest BCUT2D eigenvalue weighted by Crippen LogP contribution is -2.61. The molecule has 15 nitrogen and oxygen atoms in total. The Hall–Kier alpha value is -1.50. The molecule has 2 aliphatic heterocycles. The van der Waals surface area contributed by atoms with Gasteiger partial charge in [0.2, 0.25) is 0 Å². The van der Waals surface area contributed by atoms with Gasteiger partial charge in [-0.15, -0.1) is 0 Å². The molecule has 7 N–H and O–H groups in total. The minimum Gasteiger partial charge on any atom is -0.462 e. The molecule has 2 heterocycles. The highest BCUT2D eigenvalue weighted by Gasteiger charge is 2.47. The van der Waals surface area contributed by atoms with Crippen LogP contribution in [-0.4, -0.2) is 142 Å². The number of hydrogen-bond acceptors (Lipinski definition) is 15. The molecule has 2 saturated heterocycles.